The van der Waals surface area contributed by atoms with Crippen molar-refractivity contribution in [3.05, 3.63) is 0 Å². The van der Waals surface area contributed by atoms with Crippen LogP contribution < -0.4 is 0 Å². The first kappa shape index (κ1) is 27.0. The van der Waals surface area contributed by atoms with E-state index in [-0.39, 0.29) is 6.42 Å². The van der Waals surface area contributed by atoms with Crippen molar-refractivity contribution in [1.82, 2.24) is 0 Å². The minimum atomic E-state index is -1.84. The molecule has 33 heavy (non-hydrogen) atoms. The molecule has 3 fully saturated rings. The highest BCUT2D eigenvalue weighted by Gasteiger charge is 2.52. The molecule has 0 aromatic rings. The van der Waals surface area contributed by atoms with Crippen LogP contribution in [0.2, 0.25) is 0 Å². The van der Waals surface area contributed by atoms with E-state index >= 15 is 0 Å². The monoisotopic (exact) mass is 488 g/mol. The van der Waals surface area contributed by atoms with Gasteiger partial charge in [0.05, 0.1) is 32.0 Å². The molecule has 15 nitrogen and oxygen atoms in total. The van der Waals surface area contributed by atoms with Gasteiger partial charge >= 0.3 is 0 Å². The van der Waals surface area contributed by atoms with Crippen molar-refractivity contribution < 1.29 is 74.7 Å². The quantitative estimate of drug-likeness (QED) is 0.160. The molecule has 15 heteroatoms. The van der Waals surface area contributed by atoms with Gasteiger partial charge in [0.15, 0.2) is 18.9 Å². The van der Waals surface area contributed by atoms with Gasteiger partial charge in [-0.1, -0.05) is 0 Å². The highest BCUT2D eigenvalue weighted by atomic mass is 16.8. The SMILES string of the molecule is OC[C@@H]1C[C@H](O)[C@H](O[C@@H]2O[C@H](CO)[C@@H](O)[C@H](O)[C@@H]2O[C@@H]2O[C@H](CO)[C@@H](O)[C@H](O)[C@@H]2O)[C@H](O)O1. The fourth-order valence-electron chi connectivity index (χ4n) is 4.00. The highest BCUT2D eigenvalue weighted by molar-refractivity contribution is 4.94. The van der Waals surface area contributed by atoms with Crippen LogP contribution in [0.15, 0.2) is 0 Å². The predicted molar refractivity (Wildman–Crippen MR) is 99.9 cm³/mol. The zero-order valence-corrected chi connectivity index (χ0v) is 17.4. The molecular formula is C18H32O15. The van der Waals surface area contributed by atoms with Gasteiger partial charge in [-0.05, 0) is 0 Å². The van der Waals surface area contributed by atoms with E-state index < -0.39 is 106 Å². The molecule has 3 aliphatic heterocycles. The minimum absolute atomic E-state index is 0.113. The maximum atomic E-state index is 10.6. The fourth-order valence-corrected chi connectivity index (χ4v) is 4.00. The summed E-state index contributed by atoms with van der Waals surface area (Å²) in [7, 11) is 0. The Balaban J connectivity index is 1.79. The molecule has 3 rings (SSSR count). The maximum absolute atomic E-state index is 10.6. The van der Waals surface area contributed by atoms with Crippen molar-refractivity contribution in [1.29, 1.82) is 0 Å². The Morgan fingerprint density at radius 3 is 1.67 bits per heavy atom. The molecule has 0 bridgehead atoms. The fraction of sp³-hybridized carbons (Fsp3) is 1.00. The van der Waals surface area contributed by atoms with Crippen LogP contribution in [0, 0.1) is 0 Å². The topological polar surface area (TPSA) is 248 Å². The maximum Gasteiger partial charge on any atom is 0.187 e. The molecule has 0 spiro atoms. The van der Waals surface area contributed by atoms with E-state index in [9.17, 15) is 51.1 Å². The number of aliphatic hydroxyl groups is 10. The van der Waals surface area contributed by atoms with Crippen molar-refractivity contribution in [2.75, 3.05) is 19.8 Å². The minimum Gasteiger partial charge on any atom is -0.394 e. The van der Waals surface area contributed by atoms with Crippen LogP contribution in [0.1, 0.15) is 6.42 Å². The Bertz CT molecular complexity index is 597. The molecule has 0 saturated carbocycles. The second-order valence-electron chi connectivity index (χ2n) is 8.24. The molecule has 0 radical (unpaired) electrons. The molecule has 3 heterocycles. The first-order chi connectivity index (χ1) is 15.6. The van der Waals surface area contributed by atoms with Gasteiger partial charge in [-0.15, -0.1) is 0 Å². The summed E-state index contributed by atoms with van der Waals surface area (Å²) < 4.78 is 26.9. The summed E-state index contributed by atoms with van der Waals surface area (Å²) >= 11 is 0. The van der Waals surface area contributed by atoms with E-state index in [4.69, 9.17) is 23.7 Å². The zero-order chi connectivity index (χ0) is 24.4. The lowest BCUT2D eigenvalue weighted by atomic mass is 9.97. The van der Waals surface area contributed by atoms with Gasteiger partial charge in [0, 0.05) is 6.42 Å². The Morgan fingerprint density at radius 1 is 0.576 bits per heavy atom. The van der Waals surface area contributed by atoms with Crippen molar-refractivity contribution >= 4 is 0 Å². The molecule has 194 valence electrons. The van der Waals surface area contributed by atoms with Gasteiger partial charge in [-0.25, -0.2) is 0 Å². The second kappa shape index (κ2) is 11.4. The highest BCUT2D eigenvalue weighted by Crippen LogP contribution is 2.32. The summed E-state index contributed by atoms with van der Waals surface area (Å²) in [5.74, 6) is 0. The third-order valence-corrected chi connectivity index (χ3v) is 5.96. The molecule has 0 aliphatic carbocycles. The molecule has 3 saturated heterocycles. The van der Waals surface area contributed by atoms with Gasteiger partial charge in [-0.3, -0.25) is 0 Å². The van der Waals surface area contributed by atoms with Crippen LogP contribution in [0.25, 0.3) is 0 Å². The number of hydrogen-bond donors (Lipinski definition) is 10. The Labute approximate surface area is 187 Å². The van der Waals surface area contributed by atoms with Crippen LogP contribution in [-0.2, 0) is 23.7 Å². The van der Waals surface area contributed by atoms with Crippen LogP contribution >= 0.6 is 0 Å². The van der Waals surface area contributed by atoms with Gasteiger partial charge in [-0.2, -0.15) is 0 Å². The molecule has 0 unspecified atom stereocenters. The normalized spacial score (nSPS) is 51.5. The van der Waals surface area contributed by atoms with Crippen molar-refractivity contribution in [2.45, 2.75) is 92.4 Å². The van der Waals surface area contributed by atoms with Gasteiger partial charge in [0.25, 0.3) is 0 Å². The lowest BCUT2D eigenvalue weighted by Crippen LogP contribution is -2.65. The number of aliphatic hydroxyl groups excluding tert-OH is 10. The third-order valence-electron chi connectivity index (χ3n) is 5.96. The van der Waals surface area contributed by atoms with E-state index in [1.165, 1.54) is 0 Å². The Morgan fingerprint density at radius 2 is 1.12 bits per heavy atom. The Kier molecular flexibility index (Phi) is 9.35. The zero-order valence-electron chi connectivity index (χ0n) is 17.4. The van der Waals surface area contributed by atoms with Crippen molar-refractivity contribution in [2.24, 2.45) is 0 Å². The second-order valence-corrected chi connectivity index (χ2v) is 8.24. The molecule has 0 amide bonds. The molecule has 3 aliphatic rings. The van der Waals surface area contributed by atoms with E-state index in [1.54, 1.807) is 0 Å². The molecule has 14 atom stereocenters. The van der Waals surface area contributed by atoms with Crippen LogP contribution in [0.3, 0.4) is 0 Å². The first-order valence-electron chi connectivity index (χ1n) is 10.5. The average molecular weight is 488 g/mol. The summed E-state index contributed by atoms with van der Waals surface area (Å²) in [4.78, 5) is 0. The van der Waals surface area contributed by atoms with Crippen molar-refractivity contribution in [3.8, 4) is 0 Å². The molecule has 0 aromatic carbocycles. The van der Waals surface area contributed by atoms with Crippen LogP contribution in [0.4, 0.5) is 0 Å². The van der Waals surface area contributed by atoms with E-state index in [1.807, 2.05) is 0 Å². The lowest BCUT2D eigenvalue weighted by molar-refractivity contribution is -0.386. The summed E-state index contributed by atoms with van der Waals surface area (Å²) in [5, 5.41) is 99.3. The van der Waals surface area contributed by atoms with E-state index in [0.29, 0.717) is 0 Å². The predicted octanol–water partition coefficient (Wildman–Crippen LogP) is -6.54. The summed E-state index contributed by atoms with van der Waals surface area (Å²) in [6.07, 6.45) is -22.1. The molecule has 0 aromatic heterocycles. The van der Waals surface area contributed by atoms with Crippen LogP contribution in [-0.4, -0.2) is 157 Å². The standard InChI is InChI=1S/C18H32O15/c19-2-5-1-6(22)14(16(28)29-5)32-18-15(12(26)10(24)8(4-21)31-18)33-17-13(27)11(25)9(23)7(3-20)30-17/h5-28H,1-4H2/t5-,6-,7+,8+,9+,10+,11-,12-,13-,14-,15-,16+,17-,18-/m0/s1. The summed E-state index contributed by atoms with van der Waals surface area (Å²) in [5.41, 5.74) is 0. The largest absolute Gasteiger partial charge is 0.394 e. The average Bonchev–Trinajstić information content (AvgIpc) is 2.80. The summed E-state index contributed by atoms with van der Waals surface area (Å²) in [6, 6.07) is 0. The Hall–Kier alpha value is -0.600. The molecular weight excluding hydrogens is 456 g/mol. The van der Waals surface area contributed by atoms with Gasteiger partial charge in [0.1, 0.15) is 54.9 Å². The number of ether oxygens (including phenoxy) is 5. The van der Waals surface area contributed by atoms with E-state index in [2.05, 4.69) is 0 Å². The number of hydrogen-bond acceptors (Lipinski definition) is 15. The van der Waals surface area contributed by atoms with Gasteiger partial charge < -0.3 is 74.7 Å². The smallest absolute Gasteiger partial charge is 0.187 e. The van der Waals surface area contributed by atoms with Gasteiger partial charge in [0.2, 0.25) is 0 Å². The van der Waals surface area contributed by atoms with Crippen molar-refractivity contribution in [3.63, 3.8) is 0 Å². The molecule has 10 N–H and O–H groups in total. The van der Waals surface area contributed by atoms with Crippen LogP contribution in [0.5, 0.6) is 0 Å². The first-order valence-corrected chi connectivity index (χ1v) is 10.5. The third kappa shape index (κ3) is 5.64. The lowest BCUT2D eigenvalue weighted by Gasteiger charge is -2.47. The van der Waals surface area contributed by atoms with E-state index in [0.717, 1.165) is 0 Å². The number of rotatable bonds is 7. The summed E-state index contributed by atoms with van der Waals surface area (Å²) in [6.45, 7) is -1.96.